The SMILES string of the molecule is CC(=O)N[C@H](C(=O)N1C[C@H](O)C[C@H]1C(=O)NCc1ccc(-c2cncs2)cc1)C(C)(C)C. The van der Waals surface area contributed by atoms with E-state index in [-0.39, 0.29) is 30.7 Å². The van der Waals surface area contributed by atoms with Crippen LogP contribution in [0, 0.1) is 5.41 Å². The van der Waals surface area contributed by atoms with Crippen molar-refractivity contribution in [2.45, 2.75) is 58.8 Å². The molecule has 1 saturated heterocycles. The van der Waals surface area contributed by atoms with Gasteiger partial charge < -0.3 is 20.6 Å². The average Bonchev–Trinajstić information content (AvgIpc) is 3.39. The van der Waals surface area contributed by atoms with Gasteiger partial charge in [-0.3, -0.25) is 19.4 Å². The lowest BCUT2D eigenvalue weighted by atomic mass is 9.85. The minimum absolute atomic E-state index is 0.0621. The van der Waals surface area contributed by atoms with Crippen LogP contribution >= 0.6 is 11.3 Å². The number of aromatic nitrogens is 1. The number of benzene rings is 1. The molecule has 3 amide bonds. The van der Waals surface area contributed by atoms with Crippen LogP contribution in [0.4, 0.5) is 0 Å². The molecule has 3 atom stereocenters. The molecule has 1 aliphatic rings. The van der Waals surface area contributed by atoms with E-state index < -0.39 is 23.6 Å². The van der Waals surface area contributed by atoms with Crippen molar-refractivity contribution in [3.63, 3.8) is 0 Å². The lowest BCUT2D eigenvalue weighted by Gasteiger charge is -2.35. The molecule has 9 heteroatoms. The summed E-state index contributed by atoms with van der Waals surface area (Å²) in [6, 6.07) is 6.26. The zero-order valence-corrected chi connectivity index (χ0v) is 19.6. The van der Waals surface area contributed by atoms with Crippen molar-refractivity contribution in [2.75, 3.05) is 6.54 Å². The minimum atomic E-state index is -0.792. The summed E-state index contributed by atoms with van der Waals surface area (Å²) in [5.41, 5.74) is 3.22. The van der Waals surface area contributed by atoms with Crippen molar-refractivity contribution in [3.8, 4) is 10.4 Å². The van der Waals surface area contributed by atoms with Gasteiger partial charge in [0.25, 0.3) is 0 Å². The van der Waals surface area contributed by atoms with Crippen molar-refractivity contribution >= 4 is 29.1 Å². The van der Waals surface area contributed by atoms with Gasteiger partial charge in [-0.25, -0.2) is 0 Å². The van der Waals surface area contributed by atoms with E-state index in [2.05, 4.69) is 15.6 Å². The Kier molecular flexibility index (Phi) is 7.30. The Labute approximate surface area is 192 Å². The molecule has 0 spiro atoms. The Morgan fingerprint density at radius 2 is 1.94 bits per heavy atom. The summed E-state index contributed by atoms with van der Waals surface area (Å²) in [5.74, 6) is -1.00. The number of likely N-dealkylation sites (tertiary alicyclic amines) is 1. The van der Waals surface area contributed by atoms with E-state index in [0.29, 0.717) is 6.54 Å². The van der Waals surface area contributed by atoms with Crippen LogP contribution in [0.2, 0.25) is 0 Å². The van der Waals surface area contributed by atoms with E-state index in [9.17, 15) is 19.5 Å². The Balaban J connectivity index is 1.66. The van der Waals surface area contributed by atoms with Crippen molar-refractivity contribution in [1.29, 1.82) is 0 Å². The zero-order valence-electron chi connectivity index (χ0n) is 18.8. The van der Waals surface area contributed by atoms with Crippen LogP contribution in [0.25, 0.3) is 10.4 Å². The fourth-order valence-electron chi connectivity index (χ4n) is 3.78. The number of carbonyl (C=O) groups excluding carboxylic acids is 3. The quantitative estimate of drug-likeness (QED) is 0.613. The number of carbonyl (C=O) groups is 3. The molecule has 3 N–H and O–H groups in total. The fraction of sp³-hybridized carbons (Fsp3) is 0.478. The zero-order chi connectivity index (χ0) is 23.5. The summed E-state index contributed by atoms with van der Waals surface area (Å²) >= 11 is 1.56. The summed E-state index contributed by atoms with van der Waals surface area (Å²) in [6.45, 7) is 7.28. The monoisotopic (exact) mass is 458 g/mol. The van der Waals surface area contributed by atoms with Crippen molar-refractivity contribution in [2.24, 2.45) is 5.41 Å². The Morgan fingerprint density at radius 1 is 1.25 bits per heavy atom. The van der Waals surface area contributed by atoms with Crippen molar-refractivity contribution < 1.29 is 19.5 Å². The van der Waals surface area contributed by atoms with Crippen LogP contribution in [0.5, 0.6) is 0 Å². The average molecular weight is 459 g/mol. The number of aliphatic hydroxyl groups excluding tert-OH is 1. The van der Waals surface area contributed by atoms with E-state index in [4.69, 9.17) is 0 Å². The lowest BCUT2D eigenvalue weighted by Crippen LogP contribution is -2.57. The highest BCUT2D eigenvalue weighted by atomic mass is 32.1. The predicted octanol–water partition coefficient (Wildman–Crippen LogP) is 1.94. The van der Waals surface area contributed by atoms with Gasteiger partial charge in [-0.2, -0.15) is 0 Å². The van der Waals surface area contributed by atoms with Gasteiger partial charge in [0, 0.05) is 32.6 Å². The third-order valence-electron chi connectivity index (χ3n) is 5.46. The molecule has 2 aromatic rings. The number of hydrogen-bond donors (Lipinski definition) is 3. The number of amides is 3. The van der Waals surface area contributed by atoms with Crippen LogP contribution < -0.4 is 10.6 Å². The number of β-amino-alcohol motifs (C(OH)–C–C–N with tert-alkyl or cyclic N) is 1. The number of thiazole rings is 1. The molecule has 1 aromatic carbocycles. The molecular formula is C23H30N4O4S. The van der Waals surface area contributed by atoms with Gasteiger partial charge in [-0.1, -0.05) is 45.0 Å². The van der Waals surface area contributed by atoms with Gasteiger partial charge in [0.15, 0.2) is 0 Å². The molecule has 172 valence electrons. The van der Waals surface area contributed by atoms with Crippen molar-refractivity contribution in [1.82, 2.24) is 20.5 Å². The predicted molar refractivity (Wildman–Crippen MR) is 123 cm³/mol. The molecule has 0 radical (unpaired) electrons. The minimum Gasteiger partial charge on any atom is -0.391 e. The number of hydrogen-bond acceptors (Lipinski definition) is 6. The Hall–Kier alpha value is -2.78. The van der Waals surface area contributed by atoms with E-state index in [1.165, 1.54) is 11.8 Å². The molecule has 32 heavy (non-hydrogen) atoms. The van der Waals surface area contributed by atoms with Crippen LogP contribution in [0.15, 0.2) is 36.0 Å². The first-order chi connectivity index (χ1) is 15.1. The maximum absolute atomic E-state index is 13.2. The topological polar surface area (TPSA) is 112 Å². The molecule has 0 saturated carbocycles. The summed E-state index contributed by atoms with van der Waals surface area (Å²) in [5, 5.41) is 15.8. The van der Waals surface area contributed by atoms with Gasteiger partial charge in [-0.15, -0.1) is 11.3 Å². The Morgan fingerprint density at radius 3 is 2.50 bits per heavy atom. The van der Waals surface area contributed by atoms with Gasteiger partial charge >= 0.3 is 0 Å². The second kappa shape index (κ2) is 9.79. The molecule has 3 rings (SSSR count). The molecule has 1 aromatic heterocycles. The van der Waals surface area contributed by atoms with E-state index >= 15 is 0 Å². The molecule has 1 aliphatic heterocycles. The van der Waals surface area contributed by atoms with E-state index in [1.807, 2.05) is 51.2 Å². The normalized spacial score (nSPS) is 19.5. The highest BCUT2D eigenvalue weighted by Crippen LogP contribution is 2.26. The number of nitrogens with zero attached hydrogens (tertiary/aromatic N) is 2. The lowest BCUT2D eigenvalue weighted by molar-refractivity contribution is -0.143. The third kappa shape index (κ3) is 5.72. The summed E-state index contributed by atoms with van der Waals surface area (Å²) in [4.78, 5) is 44.3. The van der Waals surface area contributed by atoms with E-state index in [1.54, 1.807) is 16.8 Å². The first-order valence-corrected chi connectivity index (χ1v) is 11.5. The summed E-state index contributed by atoms with van der Waals surface area (Å²) in [7, 11) is 0. The van der Waals surface area contributed by atoms with Gasteiger partial charge in [0.2, 0.25) is 17.7 Å². The smallest absolute Gasteiger partial charge is 0.246 e. The van der Waals surface area contributed by atoms with Crippen molar-refractivity contribution in [3.05, 3.63) is 41.5 Å². The van der Waals surface area contributed by atoms with Gasteiger partial charge in [0.1, 0.15) is 12.1 Å². The maximum Gasteiger partial charge on any atom is 0.246 e. The second-order valence-corrected chi connectivity index (χ2v) is 10.1. The molecule has 0 unspecified atom stereocenters. The first kappa shape index (κ1) is 23.9. The second-order valence-electron chi connectivity index (χ2n) is 9.18. The molecule has 0 bridgehead atoms. The summed E-state index contributed by atoms with van der Waals surface area (Å²) in [6.07, 6.45) is 1.19. The molecular weight excluding hydrogens is 428 g/mol. The summed E-state index contributed by atoms with van der Waals surface area (Å²) < 4.78 is 0. The van der Waals surface area contributed by atoms with E-state index in [0.717, 1.165) is 16.0 Å². The van der Waals surface area contributed by atoms with Gasteiger partial charge in [0.05, 0.1) is 16.5 Å². The highest BCUT2D eigenvalue weighted by molar-refractivity contribution is 7.13. The molecule has 0 aliphatic carbocycles. The highest BCUT2D eigenvalue weighted by Gasteiger charge is 2.44. The van der Waals surface area contributed by atoms with Crippen LogP contribution in [0.1, 0.15) is 39.7 Å². The molecule has 2 heterocycles. The van der Waals surface area contributed by atoms with Gasteiger partial charge in [-0.05, 0) is 16.5 Å². The maximum atomic E-state index is 13.2. The van der Waals surface area contributed by atoms with Crippen LogP contribution in [0.3, 0.4) is 0 Å². The molecule has 8 nitrogen and oxygen atoms in total. The standard InChI is InChI=1S/C23H30N4O4S/c1-14(28)26-20(23(2,3)4)22(31)27-12-17(29)9-18(27)21(30)25-10-15-5-7-16(8-6-15)19-11-24-13-32-19/h5-8,11,13,17-18,20,29H,9-10,12H2,1-4H3,(H,25,30)(H,26,28)/t17-,18+,20-/m1/s1. The fourth-order valence-corrected chi connectivity index (χ4v) is 4.41. The van der Waals surface area contributed by atoms with Crippen LogP contribution in [-0.2, 0) is 20.9 Å². The molecule has 1 fully saturated rings. The number of rotatable bonds is 6. The number of nitrogens with one attached hydrogen (secondary N) is 2. The van der Waals surface area contributed by atoms with Crippen LogP contribution in [-0.4, -0.2) is 57.4 Å². The number of aliphatic hydroxyl groups is 1. The first-order valence-electron chi connectivity index (χ1n) is 10.6. The largest absolute Gasteiger partial charge is 0.391 e. The Bertz CT molecular complexity index is 953. The third-order valence-corrected chi connectivity index (χ3v) is 6.28.